The normalized spacial score (nSPS) is 10.8. The number of guanidine groups is 1. The average molecular weight is 1900 g/mol. The molecule has 15 aromatic carbocycles. The summed E-state index contributed by atoms with van der Waals surface area (Å²) in [4.78, 5) is 25.7. The van der Waals surface area contributed by atoms with Crippen molar-refractivity contribution in [3.8, 4) is 118 Å². The van der Waals surface area contributed by atoms with E-state index < -0.39 is 0 Å². The third-order valence-electron chi connectivity index (χ3n) is 25.4. The summed E-state index contributed by atoms with van der Waals surface area (Å²) in [6.45, 7) is 22.6. The molecule has 678 valence electrons. The summed E-state index contributed by atoms with van der Waals surface area (Å²) in [7, 11) is 8.33. The van der Waals surface area contributed by atoms with Gasteiger partial charge in [-0.1, -0.05) is 273 Å². The van der Waals surface area contributed by atoms with Crippen molar-refractivity contribution < 1.29 is 28.5 Å². The molecule has 20 aromatic rings. The average Bonchev–Trinajstić information content (AvgIpc) is 0.436. The number of aliphatic imine (C=N–C) groups is 1. The third-order valence-corrected chi connectivity index (χ3v) is 25.4. The summed E-state index contributed by atoms with van der Waals surface area (Å²) in [5, 5.41) is 27.5. The standard InChI is InChI=1S/C26H27N2.C25H25N3.C24H22N4.C24H22N2.C24H18N2.HI/c1-18-14-23-17-25(28(5)26(27(3)4)24(23)15-19(18)2)22-13-9-12-21(16-22)20-10-7-6-8-11-20;1-17-13-22-16-24(28-25(27-12-11-26)23(22)14-18(17)2)21-10-6-9-20(15-21)19-7-4-3-5-8-19;1-15-11-20-14-22(27-23(28-24(25)26)21(20)12-16(15)2)19-10-6-9-18(13-19)17-7-4-3-5-8-17;1-16-12-21-15-23(26-24(25-3)22(21)13-17(16)2)20-11-7-10-19(14-20)18-8-5-4-6-9-18;1-16-11-21-14-23(26-24(15-25)22(21)12-17(16)2)20-10-6-9-19(13-20)18-7-4-3-5-8-18;/h6-17H,1-5H3;3-10,13-16H,11-12,26H2,1-2H3,(H,27,28);3-14H,1-2H3,(H4,25,26,27,28);4-15H,1-3H3,(H,25,26);3-14H,1-2H3;1H/q+1;;;;;/p-1. The lowest BCUT2D eigenvalue weighted by Crippen LogP contribution is -3.00. The molecule has 0 saturated carbocycles. The van der Waals surface area contributed by atoms with Crippen molar-refractivity contribution in [1.82, 2.24) is 19.9 Å². The number of nitrogens with zero attached hydrogens (tertiary/aromatic N) is 8. The molecule has 0 radical (unpaired) electrons. The Balaban J connectivity index is 0.000000130. The maximum Gasteiger partial charge on any atom is 0.284 e. The van der Waals surface area contributed by atoms with E-state index in [4.69, 9.17) is 32.2 Å². The van der Waals surface area contributed by atoms with Gasteiger partial charge in [-0.3, -0.25) is 4.90 Å². The molecule has 5 aromatic heterocycles. The van der Waals surface area contributed by atoms with E-state index in [0.29, 0.717) is 24.6 Å². The predicted molar refractivity (Wildman–Crippen MR) is 575 cm³/mol. The van der Waals surface area contributed by atoms with Crippen LogP contribution in [0.1, 0.15) is 61.3 Å². The Morgan fingerprint density at radius 3 is 0.949 bits per heavy atom. The molecule has 0 bridgehead atoms. The summed E-state index contributed by atoms with van der Waals surface area (Å²) in [5.74, 6) is 3.58. The predicted octanol–water partition coefficient (Wildman–Crippen LogP) is 25.6. The largest absolute Gasteiger partial charge is 1.00 e. The first-order valence-electron chi connectivity index (χ1n) is 46.1. The van der Waals surface area contributed by atoms with Crippen molar-refractivity contribution in [1.29, 1.82) is 5.26 Å². The molecule has 0 atom stereocenters. The van der Waals surface area contributed by atoms with Gasteiger partial charge in [0.2, 0.25) is 0 Å². The number of rotatable bonds is 16. The van der Waals surface area contributed by atoms with Gasteiger partial charge in [0.05, 0.1) is 49.3 Å². The van der Waals surface area contributed by atoms with Crippen LogP contribution < -0.4 is 61.3 Å². The van der Waals surface area contributed by atoms with Crippen molar-refractivity contribution in [3.05, 3.63) is 425 Å². The van der Waals surface area contributed by atoms with Gasteiger partial charge in [0.25, 0.3) is 5.82 Å². The van der Waals surface area contributed by atoms with E-state index in [1.165, 1.54) is 144 Å². The molecule has 0 aliphatic heterocycles. The number of pyridine rings is 5. The zero-order chi connectivity index (χ0) is 95.2. The molecule has 0 aliphatic carbocycles. The first-order chi connectivity index (χ1) is 65.9. The molecule has 0 spiro atoms. The number of hydrogen-bond acceptors (Lipinski definition) is 10. The van der Waals surface area contributed by atoms with Gasteiger partial charge >= 0.3 is 0 Å². The fourth-order valence-corrected chi connectivity index (χ4v) is 17.4. The van der Waals surface area contributed by atoms with Crippen LogP contribution in [0.15, 0.2) is 369 Å². The molecule has 0 saturated heterocycles. The maximum absolute atomic E-state index is 9.59. The molecule has 0 aliphatic rings. The molecule has 8 N–H and O–H groups in total. The number of nitrogens with one attached hydrogen (secondary N) is 2. The SMILES string of the molecule is CNc1nc(-c2cccc(-c3ccccc3)c2)cc2cc(C)c(C)cc12.Cc1cc2cc(-c3cccc(-c4ccccc4)c3)[n+](C)c(N(C)C)c2cc1C.Cc1cc2cc(-c3cccc(-c4ccccc4)c3)nc(C#N)c2cc1C.Cc1cc2cc(-c3cccc(-c4ccccc4)c3)nc(N=C(N)N)c2cc1C.Cc1cc2cc(-c3cccc(-c4ccccc4)c3)nc(NCCN)c2cc1C.[I-]. The Morgan fingerprint density at radius 2 is 0.599 bits per heavy atom. The fraction of sp³-hybridized carbons (Fsp3) is 0.130. The molecule has 5 heterocycles. The molecule has 20 rings (SSSR count). The Bertz CT molecular complexity index is 7870. The van der Waals surface area contributed by atoms with Crippen LogP contribution in [0, 0.1) is 80.6 Å². The second kappa shape index (κ2) is 43.5. The van der Waals surface area contributed by atoms with Gasteiger partial charge in [0.15, 0.2) is 11.8 Å². The number of benzene rings is 15. The van der Waals surface area contributed by atoms with Crippen LogP contribution in [0.5, 0.6) is 0 Å². The van der Waals surface area contributed by atoms with E-state index in [2.05, 4.69) is 424 Å². The second-order valence-electron chi connectivity index (χ2n) is 35.2. The number of nitrogens with two attached hydrogens (primary N) is 3. The van der Waals surface area contributed by atoms with Gasteiger partial charge in [0.1, 0.15) is 29.1 Å². The van der Waals surface area contributed by atoms with Crippen LogP contribution in [0.4, 0.5) is 23.3 Å². The molecule has 0 unspecified atom stereocenters. The van der Waals surface area contributed by atoms with Crippen molar-refractivity contribution in [2.24, 2.45) is 29.2 Å². The van der Waals surface area contributed by atoms with Crippen LogP contribution in [0.2, 0.25) is 0 Å². The molecular weight excluding hydrogens is 1790 g/mol. The van der Waals surface area contributed by atoms with Gasteiger partial charge in [-0.25, -0.2) is 24.5 Å². The first kappa shape index (κ1) is 95.8. The van der Waals surface area contributed by atoms with Crippen molar-refractivity contribution in [2.45, 2.75) is 69.2 Å². The number of nitriles is 1. The lowest BCUT2D eigenvalue weighted by Gasteiger charge is -2.17. The Labute approximate surface area is 822 Å². The Hall–Kier alpha value is -15.8. The fourth-order valence-electron chi connectivity index (χ4n) is 17.4. The topological polar surface area (TPSA) is 197 Å². The minimum atomic E-state index is 0. The zero-order valence-electron chi connectivity index (χ0n) is 80.2. The number of halogens is 1. The number of fused-ring (bicyclic) bond motifs is 5. The molecule has 0 amide bonds. The van der Waals surface area contributed by atoms with E-state index in [9.17, 15) is 5.26 Å². The highest BCUT2D eigenvalue weighted by Crippen LogP contribution is 2.40. The van der Waals surface area contributed by atoms with E-state index in [-0.39, 0.29) is 29.9 Å². The monoisotopic (exact) mass is 1900 g/mol. The van der Waals surface area contributed by atoms with Gasteiger partial charge in [0, 0.05) is 69.5 Å². The van der Waals surface area contributed by atoms with E-state index >= 15 is 0 Å². The summed E-state index contributed by atoms with van der Waals surface area (Å²) in [5.41, 5.74) is 52.4. The number of hydrogen-bond donors (Lipinski definition) is 5. The van der Waals surface area contributed by atoms with Gasteiger partial charge < -0.3 is 51.8 Å². The lowest BCUT2D eigenvalue weighted by molar-refractivity contribution is -0.646. The minimum Gasteiger partial charge on any atom is -1.00 e. The second-order valence-corrected chi connectivity index (χ2v) is 35.2. The molecule has 14 heteroatoms. The maximum atomic E-state index is 9.59. The van der Waals surface area contributed by atoms with Gasteiger partial charge in [-0.2, -0.15) is 10.3 Å². The van der Waals surface area contributed by atoms with Gasteiger partial charge in [-0.15, -0.1) is 0 Å². The van der Waals surface area contributed by atoms with Crippen LogP contribution in [-0.4, -0.2) is 60.1 Å². The zero-order valence-corrected chi connectivity index (χ0v) is 82.4. The van der Waals surface area contributed by atoms with E-state index in [0.717, 1.165) is 94.7 Å². The smallest absolute Gasteiger partial charge is 0.284 e. The summed E-state index contributed by atoms with van der Waals surface area (Å²) in [6, 6.07) is 130. The molecule has 137 heavy (non-hydrogen) atoms. The highest BCUT2D eigenvalue weighted by Gasteiger charge is 2.23. The lowest BCUT2D eigenvalue weighted by atomic mass is 9.98. The highest BCUT2D eigenvalue weighted by atomic mass is 127. The van der Waals surface area contributed by atoms with Crippen molar-refractivity contribution in [3.63, 3.8) is 0 Å². The molecular formula is C123H114IN13. The Morgan fingerprint density at radius 1 is 0.321 bits per heavy atom. The third kappa shape index (κ3) is 22.3. The molecule has 0 fully saturated rings. The molecule has 13 nitrogen and oxygen atoms in total. The van der Waals surface area contributed by atoms with Crippen LogP contribution in [0.3, 0.4) is 0 Å². The van der Waals surface area contributed by atoms with E-state index in [1.54, 1.807) is 0 Å². The summed E-state index contributed by atoms with van der Waals surface area (Å²) in [6.07, 6.45) is 0. The number of aromatic nitrogens is 5. The van der Waals surface area contributed by atoms with Crippen LogP contribution in [-0.2, 0) is 7.05 Å². The highest BCUT2D eigenvalue weighted by molar-refractivity contribution is 6.00. The first-order valence-corrected chi connectivity index (χ1v) is 46.1. The number of anilines is 3. The minimum absolute atomic E-state index is 0. The van der Waals surface area contributed by atoms with Gasteiger partial charge in [-0.05, 0) is 298 Å². The quantitative estimate of drug-likeness (QED) is 0.0267. The summed E-state index contributed by atoms with van der Waals surface area (Å²) >= 11 is 0. The van der Waals surface area contributed by atoms with Crippen LogP contribution >= 0.6 is 0 Å². The van der Waals surface area contributed by atoms with Crippen LogP contribution in [0.25, 0.3) is 166 Å². The van der Waals surface area contributed by atoms with Crippen molar-refractivity contribution >= 4 is 83.1 Å². The van der Waals surface area contributed by atoms with E-state index in [1.807, 2.05) is 73.8 Å². The number of aryl methyl sites for hydroxylation is 10. The Kier molecular flexibility index (Phi) is 30.4. The van der Waals surface area contributed by atoms with Crippen molar-refractivity contribution in [2.75, 3.05) is 49.8 Å². The summed E-state index contributed by atoms with van der Waals surface area (Å²) < 4.78 is 2.31.